The number of allylic oxidation sites excluding steroid dienone is 1. The zero-order valence-electron chi connectivity index (χ0n) is 14.1. The summed E-state index contributed by atoms with van der Waals surface area (Å²) < 4.78 is 100. The van der Waals surface area contributed by atoms with Crippen LogP contribution in [-0.2, 0) is 17.3 Å². The van der Waals surface area contributed by atoms with Gasteiger partial charge in [0.25, 0.3) is 0 Å². The molecule has 0 bridgehead atoms. The Labute approximate surface area is 162 Å². The molecule has 0 aliphatic heterocycles. The molecule has 1 heterocycles. The molecule has 0 amide bonds. The summed E-state index contributed by atoms with van der Waals surface area (Å²) in [5.41, 5.74) is -1.65. The molecule has 1 aromatic carbocycles. The van der Waals surface area contributed by atoms with Crippen LogP contribution in [0.3, 0.4) is 0 Å². The Hall–Kier alpha value is -1.92. The van der Waals surface area contributed by atoms with Gasteiger partial charge in [-0.05, 0) is 54.8 Å². The van der Waals surface area contributed by atoms with Crippen molar-refractivity contribution in [1.82, 2.24) is 15.0 Å². The van der Waals surface area contributed by atoms with Gasteiger partial charge in [-0.15, -0.1) is 5.10 Å². The van der Waals surface area contributed by atoms with Gasteiger partial charge >= 0.3 is 12.4 Å². The summed E-state index contributed by atoms with van der Waals surface area (Å²) in [7, 11) is 0. The molecule has 28 heavy (non-hydrogen) atoms. The van der Waals surface area contributed by atoms with E-state index in [1.807, 2.05) is 0 Å². The van der Waals surface area contributed by atoms with Crippen LogP contribution in [0.2, 0.25) is 0 Å². The fraction of sp³-hybridized carbons (Fsp3) is 0.333. The molecule has 0 N–H and O–H groups in total. The van der Waals surface area contributed by atoms with Crippen LogP contribution in [0.5, 0.6) is 0 Å². The van der Waals surface area contributed by atoms with Crippen LogP contribution < -0.4 is 0 Å². The lowest BCUT2D eigenvalue weighted by atomic mass is 10.1. The number of alkyl halides is 6. The molecule has 2 aromatic rings. The second kappa shape index (κ2) is 7.84. The fourth-order valence-corrected chi connectivity index (χ4v) is 2.76. The minimum Gasteiger partial charge on any atom is -0.772 e. The normalized spacial score (nSPS) is 15.6. The van der Waals surface area contributed by atoms with Crippen LogP contribution in [0.4, 0.5) is 26.3 Å². The van der Waals surface area contributed by atoms with Crippen molar-refractivity contribution >= 4 is 28.8 Å². The molecule has 2 atom stereocenters. The number of benzene rings is 1. The molecule has 0 aliphatic carbocycles. The van der Waals surface area contributed by atoms with E-state index in [2.05, 4.69) is 10.3 Å². The summed E-state index contributed by atoms with van der Waals surface area (Å²) in [6, 6.07) is 2.33. The van der Waals surface area contributed by atoms with Crippen LogP contribution in [0.25, 0.3) is 11.8 Å². The predicted molar refractivity (Wildman–Crippen MR) is 88.3 cm³/mol. The molecule has 0 fully saturated rings. The largest absolute Gasteiger partial charge is 0.772 e. The SMILES string of the molecule is Cc1c(/C=C(\Cl)C(F)(F)F)nnn1-c1ccc(C(F)(F)F)cc1C(C)S(=O)[O-]. The van der Waals surface area contributed by atoms with Crippen molar-refractivity contribution in [2.75, 3.05) is 0 Å². The summed E-state index contributed by atoms with van der Waals surface area (Å²) in [6.45, 7) is 2.47. The number of rotatable bonds is 4. The van der Waals surface area contributed by atoms with E-state index in [4.69, 9.17) is 11.6 Å². The summed E-state index contributed by atoms with van der Waals surface area (Å²) in [6.07, 6.45) is -9.02. The van der Waals surface area contributed by atoms with Crippen LogP contribution in [-0.4, -0.2) is 29.9 Å². The van der Waals surface area contributed by atoms with Gasteiger partial charge in [-0.2, -0.15) is 26.3 Å². The molecule has 2 unspecified atom stereocenters. The van der Waals surface area contributed by atoms with Gasteiger partial charge in [-0.1, -0.05) is 16.8 Å². The van der Waals surface area contributed by atoms with Crippen molar-refractivity contribution < 1.29 is 35.1 Å². The average Bonchev–Trinajstić information content (AvgIpc) is 2.92. The summed E-state index contributed by atoms with van der Waals surface area (Å²) in [5, 5.41) is 4.35. The quantitative estimate of drug-likeness (QED) is 0.505. The second-order valence-corrected chi connectivity index (χ2v) is 7.27. The van der Waals surface area contributed by atoms with Gasteiger partial charge in [0.15, 0.2) is 0 Å². The zero-order chi connectivity index (χ0) is 21.4. The van der Waals surface area contributed by atoms with E-state index in [0.717, 1.165) is 17.7 Å². The maximum atomic E-state index is 13.0. The molecule has 0 radical (unpaired) electrons. The average molecular weight is 447 g/mol. The van der Waals surface area contributed by atoms with Crippen LogP contribution in [0, 0.1) is 6.92 Å². The van der Waals surface area contributed by atoms with Gasteiger partial charge in [-0.25, -0.2) is 4.68 Å². The Balaban J connectivity index is 2.64. The lowest BCUT2D eigenvalue weighted by Gasteiger charge is -2.21. The van der Waals surface area contributed by atoms with Crippen molar-refractivity contribution in [3.05, 3.63) is 45.7 Å². The van der Waals surface area contributed by atoms with E-state index in [1.54, 1.807) is 0 Å². The Morgan fingerprint density at radius 2 is 1.89 bits per heavy atom. The monoisotopic (exact) mass is 446 g/mol. The Bertz CT molecular complexity index is 939. The molecule has 1 aromatic heterocycles. The van der Waals surface area contributed by atoms with Crippen LogP contribution >= 0.6 is 11.6 Å². The van der Waals surface area contributed by atoms with Gasteiger partial charge in [0, 0.05) is 5.25 Å². The maximum Gasteiger partial charge on any atom is 0.427 e. The summed E-state index contributed by atoms with van der Waals surface area (Å²) in [4.78, 5) is 0. The topological polar surface area (TPSA) is 70.8 Å². The highest BCUT2D eigenvalue weighted by Crippen LogP contribution is 2.35. The Kier molecular flexibility index (Phi) is 6.26. The van der Waals surface area contributed by atoms with Crippen molar-refractivity contribution in [2.45, 2.75) is 31.5 Å². The Morgan fingerprint density at radius 3 is 2.39 bits per heavy atom. The highest BCUT2D eigenvalue weighted by atomic mass is 35.5. The van der Waals surface area contributed by atoms with Crippen LogP contribution in [0.1, 0.15) is 34.7 Å². The third-order valence-electron chi connectivity index (χ3n) is 3.77. The Morgan fingerprint density at radius 1 is 1.29 bits per heavy atom. The van der Waals surface area contributed by atoms with E-state index >= 15 is 0 Å². The third-order valence-corrected chi connectivity index (χ3v) is 4.93. The first-order chi connectivity index (χ1) is 12.7. The van der Waals surface area contributed by atoms with Gasteiger partial charge in [0.05, 0.1) is 16.9 Å². The van der Waals surface area contributed by atoms with Gasteiger partial charge in [0.2, 0.25) is 0 Å². The molecular formula is C15H11ClF6N3O2S-. The van der Waals surface area contributed by atoms with E-state index in [0.29, 0.717) is 18.2 Å². The van der Waals surface area contributed by atoms with Crippen molar-refractivity contribution in [2.24, 2.45) is 0 Å². The molecule has 13 heteroatoms. The fourth-order valence-electron chi connectivity index (χ4n) is 2.26. The van der Waals surface area contributed by atoms with Gasteiger partial charge < -0.3 is 4.55 Å². The standard InChI is InChI=1S/C15H12ClF6N3O2S/c1-7-11(6-13(16)15(20,21)22)23-24-25(7)12-4-3-9(14(17,18)19)5-10(12)8(2)28(26)27/h3-6,8H,1-2H3,(H,26,27)/p-1/b13-6-. The summed E-state index contributed by atoms with van der Waals surface area (Å²) >= 11 is 2.40. The van der Waals surface area contributed by atoms with E-state index in [1.165, 1.54) is 6.92 Å². The van der Waals surface area contributed by atoms with Crippen molar-refractivity contribution in [3.63, 3.8) is 0 Å². The smallest absolute Gasteiger partial charge is 0.427 e. The maximum absolute atomic E-state index is 13.0. The highest BCUT2D eigenvalue weighted by Gasteiger charge is 2.34. The molecule has 0 aliphatic rings. The first-order valence-electron chi connectivity index (χ1n) is 7.39. The first-order valence-corrected chi connectivity index (χ1v) is 8.91. The molecule has 0 spiro atoms. The molecule has 154 valence electrons. The van der Waals surface area contributed by atoms with E-state index in [-0.39, 0.29) is 22.6 Å². The third kappa shape index (κ3) is 4.73. The molecule has 2 rings (SSSR count). The highest BCUT2D eigenvalue weighted by molar-refractivity contribution is 7.79. The first kappa shape index (κ1) is 22.4. The minimum atomic E-state index is -4.81. The number of nitrogens with zero attached hydrogens (tertiary/aromatic N) is 3. The van der Waals surface area contributed by atoms with Crippen LogP contribution in [0.15, 0.2) is 23.2 Å². The van der Waals surface area contributed by atoms with Gasteiger partial charge in [0.1, 0.15) is 10.7 Å². The summed E-state index contributed by atoms with van der Waals surface area (Å²) in [5.74, 6) is 0. The zero-order valence-corrected chi connectivity index (χ0v) is 15.7. The molecular weight excluding hydrogens is 436 g/mol. The van der Waals surface area contributed by atoms with E-state index in [9.17, 15) is 35.1 Å². The molecule has 0 saturated heterocycles. The number of hydrogen-bond acceptors (Lipinski definition) is 4. The second-order valence-electron chi connectivity index (χ2n) is 5.64. The molecule has 0 saturated carbocycles. The van der Waals surface area contributed by atoms with Crippen molar-refractivity contribution in [3.8, 4) is 5.69 Å². The lowest BCUT2D eigenvalue weighted by Crippen LogP contribution is -2.13. The molecule has 5 nitrogen and oxygen atoms in total. The van der Waals surface area contributed by atoms with Gasteiger partial charge in [-0.3, -0.25) is 4.21 Å². The number of hydrogen-bond donors (Lipinski definition) is 0. The lowest BCUT2D eigenvalue weighted by molar-refractivity contribution is -0.137. The predicted octanol–water partition coefficient (Wildman–Crippen LogP) is 4.68. The number of halogens is 7. The number of aromatic nitrogens is 3. The minimum absolute atomic E-state index is 0.0206. The van der Waals surface area contributed by atoms with E-state index < -0.39 is 39.3 Å². The van der Waals surface area contributed by atoms with Crippen molar-refractivity contribution in [1.29, 1.82) is 0 Å².